The van der Waals surface area contributed by atoms with Crippen LogP contribution in [-0.2, 0) is 0 Å². The number of hydrogen-bond donors (Lipinski definition) is 0. The van der Waals surface area contributed by atoms with Crippen molar-refractivity contribution < 1.29 is 4.39 Å². The highest BCUT2D eigenvalue weighted by molar-refractivity contribution is 6.30. The van der Waals surface area contributed by atoms with E-state index in [2.05, 4.69) is 26.4 Å². The molecule has 0 saturated carbocycles. The summed E-state index contributed by atoms with van der Waals surface area (Å²) in [5.74, 6) is 0.469. The van der Waals surface area contributed by atoms with Gasteiger partial charge >= 0.3 is 0 Å². The van der Waals surface area contributed by atoms with Gasteiger partial charge in [0.1, 0.15) is 11.3 Å². The Bertz CT molecular complexity index is 722. The number of piperidine rings is 1. The number of nitrogens with zero attached hydrogens (tertiary/aromatic N) is 4. The minimum absolute atomic E-state index is 0.00881. The largest absolute Gasteiger partial charge is 0.356 e. The van der Waals surface area contributed by atoms with E-state index in [9.17, 15) is 4.39 Å². The molecule has 7 heteroatoms. The quantitative estimate of drug-likeness (QED) is 0.475. The standard InChI is InChI=1S/C15H15Cl2FN4/c1-2-4-9-5-3-6-22(8-9)14-10-7-19-13(16)11(18)12(10)20-15(17)21-14/h2,7,9H,1,3-6,8H2. The average Bonchev–Trinajstić information content (AvgIpc) is 2.51. The molecule has 2 aromatic rings. The summed E-state index contributed by atoms with van der Waals surface area (Å²) in [5, 5.41) is 0.330. The molecular weight excluding hydrogens is 326 g/mol. The van der Waals surface area contributed by atoms with Gasteiger partial charge in [-0.2, -0.15) is 4.98 Å². The first-order valence-corrected chi connectivity index (χ1v) is 7.89. The molecule has 0 aliphatic carbocycles. The van der Waals surface area contributed by atoms with E-state index in [1.807, 2.05) is 6.08 Å². The average molecular weight is 341 g/mol. The third-order valence-electron chi connectivity index (χ3n) is 3.91. The number of anilines is 1. The molecule has 22 heavy (non-hydrogen) atoms. The summed E-state index contributed by atoms with van der Waals surface area (Å²) < 4.78 is 14.1. The first-order chi connectivity index (χ1) is 10.6. The van der Waals surface area contributed by atoms with Crippen molar-refractivity contribution in [2.75, 3.05) is 18.0 Å². The molecule has 0 spiro atoms. The van der Waals surface area contributed by atoms with E-state index >= 15 is 0 Å². The highest BCUT2D eigenvalue weighted by atomic mass is 35.5. The van der Waals surface area contributed by atoms with Crippen LogP contribution in [0.5, 0.6) is 0 Å². The highest BCUT2D eigenvalue weighted by Crippen LogP contribution is 2.32. The Balaban J connectivity index is 2.06. The van der Waals surface area contributed by atoms with Crippen molar-refractivity contribution in [2.45, 2.75) is 19.3 Å². The van der Waals surface area contributed by atoms with E-state index in [4.69, 9.17) is 23.2 Å². The fraction of sp³-hybridized carbons (Fsp3) is 0.400. The number of fused-ring (bicyclic) bond motifs is 1. The molecule has 1 aliphatic heterocycles. The maximum Gasteiger partial charge on any atom is 0.225 e. The lowest BCUT2D eigenvalue weighted by Gasteiger charge is -2.33. The molecule has 0 bridgehead atoms. The van der Waals surface area contributed by atoms with Crippen molar-refractivity contribution in [3.05, 3.63) is 35.1 Å². The van der Waals surface area contributed by atoms with Crippen LogP contribution in [0.2, 0.25) is 10.4 Å². The lowest BCUT2D eigenvalue weighted by Crippen LogP contribution is -2.36. The lowest BCUT2D eigenvalue weighted by molar-refractivity contribution is 0.418. The Morgan fingerprint density at radius 3 is 3.00 bits per heavy atom. The van der Waals surface area contributed by atoms with Gasteiger partial charge in [0.2, 0.25) is 5.28 Å². The van der Waals surface area contributed by atoms with Crippen molar-refractivity contribution in [1.29, 1.82) is 0 Å². The molecular formula is C15H15Cl2FN4. The normalized spacial score (nSPS) is 18.7. The minimum atomic E-state index is -0.663. The lowest BCUT2D eigenvalue weighted by atomic mass is 9.95. The third kappa shape index (κ3) is 2.88. The van der Waals surface area contributed by atoms with E-state index in [1.54, 1.807) is 0 Å². The summed E-state index contributed by atoms with van der Waals surface area (Å²) in [4.78, 5) is 14.2. The molecule has 1 unspecified atom stereocenters. The Morgan fingerprint density at radius 2 is 2.23 bits per heavy atom. The van der Waals surface area contributed by atoms with Gasteiger partial charge in [-0.3, -0.25) is 0 Å². The topological polar surface area (TPSA) is 41.9 Å². The summed E-state index contributed by atoms with van der Waals surface area (Å²) in [5.41, 5.74) is 0.112. The highest BCUT2D eigenvalue weighted by Gasteiger charge is 2.24. The van der Waals surface area contributed by atoms with Gasteiger partial charge in [-0.1, -0.05) is 17.7 Å². The van der Waals surface area contributed by atoms with Crippen LogP contribution in [0.4, 0.5) is 10.2 Å². The summed E-state index contributed by atoms with van der Waals surface area (Å²) >= 11 is 11.7. The maximum absolute atomic E-state index is 14.1. The number of allylic oxidation sites excluding steroid dienone is 1. The molecule has 3 rings (SSSR count). The number of rotatable bonds is 3. The van der Waals surface area contributed by atoms with Crippen LogP contribution < -0.4 is 4.90 Å². The second-order valence-electron chi connectivity index (χ2n) is 5.42. The first-order valence-electron chi connectivity index (χ1n) is 7.13. The van der Waals surface area contributed by atoms with Crippen LogP contribution in [-0.4, -0.2) is 28.0 Å². The van der Waals surface area contributed by atoms with Crippen LogP contribution in [0.15, 0.2) is 18.9 Å². The van der Waals surface area contributed by atoms with Gasteiger partial charge in [-0.25, -0.2) is 14.4 Å². The molecule has 4 nitrogen and oxygen atoms in total. The van der Waals surface area contributed by atoms with E-state index < -0.39 is 5.82 Å². The zero-order valence-electron chi connectivity index (χ0n) is 11.9. The number of halogens is 3. The number of pyridine rings is 1. The van der Waals surface area contributed by atoms with Crippen LogP contribution >= 0.6 is 23.2 Å². The predicted molar refractivity (Wildman–Crippen MR) is 87.1 cm³/mol. The molecule has 2 aromatic heterocycles. The summed E-state index contributed by atoms with van der Waals surface area (Å²) in [6.07, 6.45) is 6.58. The molecule has 1 atom stereocenters. The summed E-state index contributed by atoms with van der Waals surface area (Å²) in [7, 11) is 0. The fourth-order valence-electron chi connectivity index (χ4n) is 2.92. The predicted octanol–water partition coefficient (Wildman–Crippen LogP) is 4.26. The maximum atomic E-state index is 14.1. The van der Waals surface area contributed by atoms with Crippen LogP contribution in [0.1, 0.15) is 19.3 Å². The molecule has 0 aromatic carbocycles. The van der Waals surface area contributed by atoms with Crippen LogP contribution in [0.25, 0.3) is 10.9 Å². The number of aromatic nitrogens is 3. The molecule has 1 saturated heterocycles. The van der Waals surface area contributed by atoms with Crippen molar-refractivity contribution in [3.63, 3.8) is 0 Å². The van der Waals surface area contributed by atoms with Crippen molar-refractivity contribution in [1.82, 2.24) is 15.0 Å². The van der Waals surface area contributed by atoms with Crippen LogP contribution in [0.3, 0.4) is 0 Å². The Hall–Kier alpha value is -1.46. The Labute approximate surface area is 138 Å². The van der Waals surface area contributed by atoms with E-state index in [0.717, 1.165) is 32.4 Å². The smallest absolute Gasteiger partial charge is 0.225 e. The monoisotopic (exact) mass is 340 g/mol. The van der Waals surface area contributed by atoms with Gasteiger partial charge in [0.25, 0.3) is 0 Å². The molecule has 0 N–H and O–H groups in total. The van der Waals surface area contributed by atoms with Gasteiger partial charge in [0, 0.05) is 19.3 Å². The zero-order chi connectivity index (χ0) is 15.7. The molecule has 0 radical (unpaired) electrons. The Kier molecular flexibility index (Phi) is 4.45. The summed E-state index contributed by atoms with van der Waals surface area (Å²) in [6.45, 7) is 5.48. The minimum Gasteiger partial charge on any atom is -0.356 e. The Morgan fingerprint density at radius 1 is 1.41 bits per heavy atom. The van der Waals surface area contributed by atoms with Crippen molar-refractivity contribution >= 4 is 39.9 Å². The fourth-order valence-corrected chi connectivity index (χ4v) is 3.22. The molecule has 3 heterocycles. The van der Waals surface area contributed by atoms with Gasteiger partial charge in [-0.05, 0) is 36.8 Å². The zero-order valence-corrected chi connectivity index (χ0v) is 13.4. The molecule has 116 valence electrons. The molecule has 1 fully saturated rings. The summed E-state index contributed by atoms with van der Waals surface area (Å²) in [6, 6.07) is 0. The van der Waals surface area contributed by atoms with Gasteiger partial charge in [0.05, 0.1) is 5.39 Å². The third-order valence-corrected chi connectivity index (χ3v) is 4.35. The van der Waals surface area contributed by atoms with Gasteiger partial charge < -0.3 is 4.90 Å². The van der Waals surface area contributed by atoms with Crippen molar-refractivity contribution in [3.8, 4) is 0 Å². The van der Waals surface area contributed by atoms with Crippen LogP contribution in [0, 0.1) is 11.7 Å². The van der Waals surface area contributed by atoms with Crippen molar-refractivity contribution in [2.24, 2.45) is 5.92 Å². The van der Waals surface area contributed by atoms with E-state index in [0.29, 0.717) is 17.1 Å². The number of hydrogen-bond acceptors (Lipinski definition) is 4. The second-order valence-corrected chi connectivity index (χ2v) is 6.12. The van der Waals surface area contributed by atoms with Gasteiger partial charge in [-0.15, -0.1) is 6.58 Å². The molecule has 1 aliphatic rings. The first kappa shape index (κ1) is 15.4. The SMILES string of the molecule is C=CCC1CCCN(c2nc(Cl)nc3c(F)c(Cl)ncc23)C1. The molecule has 0 amide bonds. The van der Waals surface area contributed by atoms with E-state index in [1.165, 1.54) is 6.20 Å². The second kappa shape index (κ2) is 6.34. The van der Waals surface area contributed by atoms with E-state index in [-0.39, 0.29) is 16.0 Å². The van der Waals surface area contributed by atoms with Gasteiger partial charge in [0.15, 0.2) is 11.0 Å².